The predicted octanol–water partition coefficient (Wildman–Crippen LogP) is 0.117. The van der Waals surface area contributed by atoms with Gasteiger partial charge in [-0.25, -0.2) is 4.79 Å². The van der Waals surface area contributed by atoms with E-state index in [-0.39, 0.29) is 31.0 Å². The molecule has 88 valence electrons. The Morgan fingerprint density at radius 1 is 1.62 bits per heavy atom. The molecule has 0 saturated carbocycles. The second-order valence-electron chi connectivity index (χ2n) is 3.06. The number of rotatable bonds is 5. The predicted molar refractivity (Wildman–Crippen MR) is 54.8 cm³/mol. The maximum atomic E-state index is 11.3. The Labute approximate surface area is 91.8 Å². The van der Waals surface area contributed by atoms with Crippen molar-refractivity contribution in [3.05, 3.63) is 11.9 Å². The van der Waals surface area contributed by atoms with E-state index in [1.807, 2.05) is 0 Å². The number of hydrogen-bond acceptors (Lipinski definition) is 5. The van der Waals surface area contributed by atoms with Gasteiger partial charge in [0.25, 0.3) is 0 Å². The van der Waals surface area contributed by atoms with E-state index >= 15 is 0 Å². The molecule has 1 aromatic rings. The first-order chi connectivity index (χ1) is 7.54. The highest BCUT2D eigenvalue weighted by atomic mass is 16.5. The van der Waals surface area contributed by atoms with Gasteiger partial charge in [-0.1, -0.05) is 0 Å². The molecule has 0 aliphatic rings. The van der Waals surface area contributed by atoms with Crippen LogP contribution in [0.3, 0.4) is 0 Å². The number of nitrogen functional groups attached to an aromatic ring is 1. The second-order valence-corrected chi connectivity index (χ2v) is 3.06. The zero-order valence-electron chi connectivity index (χ0n) is 8.84. The number of carbonyl (C=O) groups is 2. The number of anilines is 1. The quantitative estimate of drug-likeness (QED) is 0.691. The molecule has 0 spiro atoms. The number of aryl methyl sites for hydroxylation is 1. The van der Waals surface area contributed by atoms with Crippen LogP contribution < -0.4 is 5.73 Å². The molecule has 0 aliphatic carbocycles. The number of nitrogens with two attached hydrogens (primary N) is 1. The smallest absolute Gasteiger partial charge is 0.361 e. The van der Waals surface area contributed by atoms with E-state index in [2.05, 4.69) is 5.10 Å². The van der Waals surface area contributed by atoms with Crippen molar-refractivity contribution in [2.45, 2.75) is 19.9 Å². The third-order valence-electron chi connectivity index (χ3n) is 1.81. The minimum Gasteiger partial charge on any atom is -0.481 e. The van der Waals surface area contributed by atoms with Crippen molar-refractivity contribution in [2.75, 3.05) is 12.3 Å². The molecule has 0 atom stereocenters. The highest BCUT2D eigenvalue weighted by molar-refractivity contribution is 5.92. The van der Waals surface area contributed by atoms with Gasteiger partial charge in [0.05, 0.1) is 25.3 Å². The fourth-order valence-corrected chi connectivity index (χ4v) is 1.12. The molecule has 0 aliphatic heterocycles. The van der Waals surface area contributed by atoms with Crippen LogP contribution in [-0.4, -0.2) is 33.4 Å². The van der Waals surface area contributed by atoms with Gasteiger partial charge >= 0.3 is 11.9 Å². The van der Waals surface area contributed by atoms with Crippen molar-refractivity contribution >= 4 is 17.6 Å². The molecule has 0 saturated heterocycles. The highest BCUT2D eigenvalue weighted by Gasteiger charge is 2.15. The van der Waals surface area contributed by atoms with Crippen LogP contribution in [0.4, 0.5) is 5.69 Å². The summed E-state index contributed by atoms with van der Waals surface area (Å²) in [7, 11) is 0. The van der Waals surface area contributed by atoms with Gasteiger partial charge in [-0.05, 0) is 6.92 Å². The molecular weight excluding hydrogens is 214 g/mol. The van der Waals surface area contributed by atoms with E-state index in [1.165, 1.54) is 10.9 Å². The summed E-state index contributed by atoms with van der Waals surface area (Å²) in [5, 5.41) is 12.3. The van der Waals surface area contributed by atoms with Gasteiger partial charge in [0.2, 0.25) is 0 Å². The number of hydrogen-bond donors (Lipinski definition) is 2. The lowest BCUT2D eigenvalue weighted by atomic mass is 10.4. The summed E-state index contributed by atoms with van der Waals surface area (Å²) in [5.41, 5.74) is 5.75. The number of carboxylic acids is 1. The fourth-order valence-electron chi connectivity index (χ4n) is 1.12. The number of carbonyl (C=O) groups excluding carboxylic acids is 1. The van der Waals surface area contributed by atoms with E-state index in [1.54, 1.807) is 6.92 Å². The van der Waals surface area contributed by atoms with Crippen LogP contribution in [-0.2, 0) is 16.1 Å². The summed E-state index contributed by atoms with van der Waals surface area (Å²) in [6, 6.07) is 0. The molecular formula is C9H13N3O4. The van der Waals surface area contributed by atoms with Crippen molar-refractivity contribution in [3.8, 4) is 0 Å². The maximum Gasteiger partial charge on any atom is 0.361 e. The Kier molecular flexibility index (Phi) is 3.87. The van der Waals surface area contributed by atoms with Crippen LogP contribution >= 0.6 is 0 Å². The third kappa shape index (κ3) is 2.97. The molecule has 0 bridgehead atoms. The Hall–Kier alpha value is -2.05. The largest absolute Gasteiger partial charge is 0.481 e. The van der Waals surface area contributed by atoms with E-state index in [9.17, 15) is 9.59 Å². The molecule has 7 heteroatoms. The van der Waals surface area contributed by atoms with Crippen LogP contribution in [0.15, 0.2) is 6.20 Å². The molecule has 1 aromatic heterocycles. The van der Waals surface area contributed by atoms with Crippen LogP contribution in [0, 0.1) is 0 Å². The summed E-state index contributed by atoms with van der Waals surface area (Å²) in [6.45, 7) is 2.08. The van der Waals surface area contributed by atoms with Crippen molar-refractivity contribution in [1.29, 1.82) is 0 Å². The summed E-state index contributed by atoms with van der Waals surface area (Å²) in [6.07, 6.45) is 1.33. The van der Waals surface area contributed by atoms with Crippen molar-refractivity contribution in [1.82, 2.24) is 9.78 Å². The third-order valence-corrected chi connectivity index (χ3v) is 1.81. The zero-order chi connectivity index (χ0) is 12.1. The molecule has 1 rings (SSSR count). The Balaban J connectivity index is 2.73. The molecule has 0 fully saturated rings. The normalized spacial score (nSPS) is 10.1. The Bertz CT molecular complexity index is 399. The molecule has 3 N–H and O–H groups in total. The maximum absolute atomic E-state index is 11.3. The number of esters is 1. The average Bonchev–Trinajstić information content (AvgIpc) is 2.57. The van der Waals surface area contributed by atoms with Crippen LogP contribution in [0.2, 0.25) is 0 Å². The molecule has 0 amide bonds. The fraction of sp³-hybridized carbons (Fsp3) is 0.444. The second kappa shape index (κ2) is 5.15. The summed E-state index contributed by atoms with van der Waals surface area (Å²) in [5.74, 6) is -1.54. The van der Waals surface area contributed by atoms with Crippen LogP contribution in [0.5, 0.6) is 0 Å². The van der Waals surface area contributed by atoms with E-state index in [0.29, 0.717) is 0 Å². The monoisotopic (exact) mass is 227 g/mol. The minimum absolute atomic E-state index is 0.0206. The minimum atomic E-state index is -0.938. The van der Waals surface area contributed by atoms with Gasteiger partial charge in [-0.2, -0.15) is 5.10 Å². The molecule has 7 nitrogen and oxygen atoms in total. The first-order valence-corrected chi connectivity index (χ1v) is 4.76. The van der Waals surface area contributed by atoms with E-state index in [0.717, 1.165) is 0 Å². The van der Waals surface area contributed by atoms with Gasteiger partial charge in [-0.15, -0.1) is 0 Å². The summed E-state index contributed by atoms with van der Waals surface area (Å²) >= 11 is 0. The number of aliphatic carboxylic acids is 1. The molecule has 0 aromatic carbocycles. The van der Waals surface area contributed by atoms with E-state index < -0.39 is 11.9 Å². The van der Waals surface area contributed by atoms with E-state index in [4.69, 9.17) is 15.6 Å². The Morgan fingerprint density at radius 2 is 2.31 bits per heavy atom. The molecule has 0 radical (unpaired) electrons. The number of carboxylic acid groups (broad SMARTS) is 1. The number of ether oxygens (including phenoxy) is 1. The van der Waals surface area contributed by atoms with Gasteiger partial charge in [0, 0.05) is 6.20 Å². The standard InChI is InChI=1S/C9H13N3O4/c1-2-16-9(15)8-6(10)5-12(11-8)4-3-7(13)14/h5H,2-4,10H2,1H3,(H,13,14). The summed E-state index contributed by atoms with van der Waals surface area (Å²) in [4.78, 5) is 21.7. The van der Waals surface area contributed by atoms with Crippen molar-refractivity contribution in [3.63, 3.8) is 0 Å². The van der Waals surface area contributed by atoms with Crippen molar-refractivity contribution < 1.29 is 19.4 Å². The molecule has 1 heterocycles. The Morgan fingerprint density at radius 3 is 2.88 bits per heavy atom. The first kappa shape index (κ1) is 12.0. The van der Waals surface area contributed by atoms with Crippen molar-refractivity contribution in [2.24, 2.45) is 0 Å². The van der Waals surface area contributed by atoms with Gasteiger partial charge in [-0.3, -0.25) is 9.48 Å². The molecule has 16 heavy (non-hydrogen) atoms. The lowest BCUT2D eigenvalue weighted by Gasteiger charge is -1.98. The van der Waals surface area contributed by atoms with Gasteiger partial charge in [0.15, 0.2) is 5.69 Å². The van der Waals surface area contributed by atoms with Gasteiger partial charge in [0.1, 0.15) is 0 Å². The molecule has 0 unspecified atom stereocenters. The highest BCUT2D eigenvalue weighted by Crippen LogP contribution is 2.10. The van der Waals surface area contributed by atoms with Gasteiger partial charge < -0.3 is 15.6 Å². The SMILES string of the molecule is CCOC(=O)c1nn(CCC(=O)O)cc1N. The lowest BCUT2D eigenvalue weighted by molar-refractivity contribution is -0.137. The number of aromatic nitrogens is 2. The van der Waals surface area contributed by atoms with Crippen LogP contribution in [0.1, 0.15) is 23.8 Å². The number of nitrogens with zero attached hydrogens (tertiary/aromatic N) is 2. The first-order valence-electron chi connectivity index (χ1n) is 4.76. The summed E-state index contributed by atoms with van der Waals surface area (Å²) < 4.78 is 6.05. The topological polar surface area (TPSA) is 107 Å². The average molecular weight is 227 g/mol. The van der Waals surface area contributed by atoms with Crippen LogP contribution in [0.25, 0.3) is 0 Å². The zero-order valence-corrected chi connectivity index (χ0v) is 8.84. The lowest BCUT2D eigenvalue weighted by Crippen LogP contribution is -2.09.